The van der Waals surface area contributed by atoms with E-state index >= 15 is 0 Å². The number of ketones is 1. The molecule has 3 aromatic rings. The van der Waals surface area contributed by atoms with Gasteiger partial charge in [0.25, 0.3) is 5.91 Å². The van der Waals surface area contributed by atoms with Crippen LogP contribution in [0.3, 0.4) is 0 Å². The number of nitrogens with one attached hydrogen (secondary N) is 1. The maximum atomic E-state index is 12.3. The Hall–Kier alpha value is -3.73. The number of ether oxygens (including phenoxy) is 1. The lowest BCUT2D eigenvalue weighted by molar-refractivity contribution is -0.141. The summed E-state index contributed by atoms with van der Waals surface area (Å²) in [5, 5.41) is 2.52. The molecule has 158 valence electrons. The van der Waals surface area contributed by atoms with E-state index in [1.165, 1.54) is 0 Å². The molecule has 5 heteroatoms. The number of carbonyl (C=O) groups excluding carboxylic acids is 3. The number of hydrogen-bond acceptors (Lipinski definition) is 4. The highest BCUT2D eigenvalue weighted by Gasteiger charge is 2.12. The fourth-order valence-electron chi connectivity index (χ4n) is 3.13. The van der Waals surface area contributed by atoms with Gasteiger partial charge in [0.15, 0.2) is 12.4 Å². The standard InChI is InChI=1S/C26H25NO4/c1-2-6-19-9-11-22(12-10-19)24(28)18-31-25(29)17-27-26(30)23-15-13-21(14-16-23)20-7-4-3-5-8-20/h3-5,7-16H,2,6,17-18H2,1H3,(H,27,30). The van der Waals surface area contributed by atoms with E-state index in [1.54, 1.807) is 24.3 Å². The van der Waals surface area contributed by atoms with Gasteiger partial charge >= 0.3 is 5.97 Å². The molecule has 0 saturated heterocycles. The molecule has 1 amide bonds. The van der Waals surface area contributed by atoms with Gasteiger partial charge in [0.05, 0.1) is 0 Å². The lowest BCUT2D eigenvalue weighted by Gasteiger charge is -2.08. The van der Waals surface area contributed by atoms with E-state index in [1.807, 2.05) is 54.6 Å². The second kappa shape index (κ2) is 10.9. The summed E-state index contributed by atoms with van der Waals surface area (Å²) < 4.78 is 5.00. The molecule has 0 aliphatic carbocycles. The average Bonchev–Trinajstić information content (AvgIpc) is 2.82. The summed E-state index contributed by atoms with van der Waals surface area (Å²) in [5.41, 5.74) is 4.15. The first-order valence-electron chi connectivity index (χ1n) is 10.3. The van der Waals surface area contributed by atoms with Crippen LogP contribution in [-0.4, -0.2) is 30.8 Å². The van der Waals surface area contributed by atoms with Crippen molar-refractivity contribution < 1.29 is 19.1 Å². The van der Waals surface area contributed by atoms with Gasteiger partial charge in [0, 0.05) is 11.1 Å². The second-order valence-electron chi connectivity index (χ2n) is 7.16. The topological polar surface area (TPSA) is 72.5 Å². The quantitative estimate of drug-likeness (QED) is 0.414. The van der Waals surface area contributed by atoms with Crippen molar-refractivity contribution in [1.29, 1.82) is 0 Å². The smallest absolute Gasteiger partial charge is 0.325 e. The molecule has 0 saturated carbocycles. The molecule has 3 rings (SSSR count). The highest BCUT2D eigenvalue weighted by molar-refractivity contribution is 5.99. The van der Waals surface area contributed by atoms with E-state index in [0.717, 1.165) is 29.5 Å². The molecule has 0 spiro atoms. The van der Waals surface area contributed by atoms with Crippen LogP contribution in [0.5, 0.6) is 0 Å². The van der Waals surface area contributed by atoms with E-state index in [4.69, 9.17) is 4.74 Å². The van der Waals surface area contributed by atoms with Crippen LogP contribution in [0.2, 0.25) is 0 Å². The SMILES string of the molecule is CCCc1ccc(C(=O)COC(=O)CNC(=O)c2ccc(-c3ccccc3)cc2)cc1. The van der Waals surface area contributed by atoms with Crippen molar-refractivity contribution in [2.24, 2.45) is 0 Å². The van der Waals surface area contributed by atoms with Crippen LogP contribution < -0.4 is 5.32 Å². The van der Waals surface area contributed by atoms with Gasteiger partial charge in [-0.1, -0.05) is 80.1 Å². The second-order valence-corrected chi connectivity index (χ2v) is 7.16. The van der Waals surface area contributed by atoms with Crippen molar-refractivity contribution in [3.8, 4) is 11.1 Å². The summed E-state index contributed by atoms with van der Waals surface area (Å²) in [5.74, 6) is -1.32. The zero-order valence-corrected chi connectivity index (χ0v) is 17.5. The Morgan fingerprint density at radius 3 is 2.03 bits per heavy atom. The molecule has 31 heavy (non-hydrogen) atoms. The molecule has 1 N–H and O–H groups in total. The van der Waals surface area contributed by atoms with Crippen molar-refractivity contribution >= 4 is 17.7 Å². The van der Waals surface area contributed by atoms with Gasteiger partial charge in [-0.25, -0.2) is 0 Å². The Bertz CT molecular complexity index is 1030. The Kier molecular flexibility index (Phi) is 7.71. The van der Waals surface area contributed by atoms with Crippen molar-refractivity contribution in [2.45, 2.75) is 19.8 Å². The van der Waals surface area contributed by atoms with Crippen molar-refractivity contribution in [2.75, 3.05) is 13.2 Å². The summed E-state index contributed by atoms with van der Waals surface area (Å²) in [6.07, 6.45) is 1.99. The monoisotopic (exact) mass is 415 g/mol. The largest absolute Gasteiger partial charge is 0.456 e. The normalized spacial score (nSPS) is 10.4. The van der Waals surface area contributed by atoms with Crippen LogP contribution in [0, 0.1) is 0 Å². The van der Waals surface area contributed by atoms with Gasteiger partial charge in [-0.05, 0) is 35.2 Å². The highest BCUT2D eigenvalue weighted by Crippen LogP contribution is 2.19. The molecule has 0 aliphatic heterocycles. The highest BCUT2D eigenvalue weighted by atomic mass is 16.5. The van der Waals surface area contributed by atoms with Crippen LogP contribution >= 0.6 is 0 Å². The van der Waals surface area contributed by atoms with E-state index in [9.17, 15) is 14.4 Å². The predicted molar refractivity (Wildman–Crippen MR) is 120 cm³/mol. The van der Waals surface area contributed by atoms with Gasteiger partial charge in [-0.3, -0.25) is 14.4 Å². The van der Waals surface area contributed by atoms with E-state index in [0.29, 0.717) is 11.1 Å². The summed E-state index contributed by atoms with van der Waals surface area (Å²) in [6.45, 7) is 1.44. The summed E-state index contributed by atoms with van der Waals surface area (Å²) >= 11 is 0. The predicted octanol–water partition coefficient (Wildman–Crippen LogP) is 4.46. The summed E-state index contributed by atoms with van der Waals surface area (Å²) in [4.78, 5) is 36.3. The summed E-state index contributed by atoms with van der Waals surface area (Å²) in [6, 6.07) is 24.2. The molecule has 0 radical (unpaired) electrons. The van der Waals surface area contributed by atoms with Crippen LogP contribution in [-0.2, 0) is 16.0 Å². The lowest BCUT2D eigenvalue weighted by Crippen LogP contribution is -2.31. The molecule has 0 atom stereocenters. The molecule has 0 heterocycles. The van der Waals surface area contributed by atoms with E-state index in [-0.39, 0.29) is 24.8 Å². The van der Waals surface area contributed by atoms with Gasteiger partial charge in [0.1, 0.15) is 6.54 Å². The molecule has 0 aromatic heterocycles. The van der Waals surface area contributed by atoms with Crippen molar-refractivity contribution in [1.82, 2.24) is 5.32 Å². The average molecular weight is 415 g/mol. The van der Waals surface area contributed by atoms with Gasteiger partial charge < -0.3 is 10.1 Å². The fourth-order valence-corrected chi connectivity index (χ4v) is 3.13. The van der Waals surface area contributed by atoms with Crippen LogP contribution in [0.1, 0.15) is 39.6 Å². The number of rotatable bonds is 9. The minimum Gasteiger partial charge on any atom is -0.456 e. The number of esters is 1. The Morgan fingerprint density at radius 2 is 1.39 bits per heavy atom. The molecule has 5 nitrogen and oxygen atoms in total. The first-order valence-corrected chi connectivity index (χ1v) is 10.3. The Labute approximate surface area is 182 Å². The zero-order chi connectivity index (χ0) is 22.1. The number of hydrogen-bond donors (Lipinski definition) is 1. The fraction of sp³-hybridized carbons (Fsp3) is 0.192. The number of Topliss-reactive ketones (excluding diaryl/α,β-unsaturated/α-hetero) is 1. The first-order chi connectivity index (χ1) is 15.1. The molecular formula is C26H25NO4. The number of benzene rings is 3. The summed E-state index contributed by atoms with van der Waals surface area (Å²) in [7, 11) is 0. The van der Waals surface area contributed by atoms with Crippen LogP contribution in [0.4, 0.5) is 0 Å². The van der Waals surface area contributed by atoms with Gasteiger partial charge in [0.2, 0.25) is 0 Å². The van der Waals surface area contributed by atoms with E-state index < -0.39 is 5.97 Å². The van der Waals surface area contributed by atoms with Gasteiger partial charge in [-0.2, -0.15) is 0 Å². The van der Waals surface area contributed by atoms with E-state index in [2.05, 4.69) is 12.2 Å². The molecule has 0 aliphatic rings. The Balaban J connectivity index is 1.44. The molecule has 0 fully saturated rings. The molecule has 3 aromatic carbocycles. The lowest BCUT2D eigenvalue weighted by atomic mass is 10.0. The Morgan fingerprint density at radius 1 is 0.774 bits per heavy atom. The van der Waals surface area contributed by atoms with Gasteiger partial charge in [-0.15, -0.1) is 0 Å². The van der Waals surface area contributed by atoms with Crippen LogP contribution in [0.15, 0.2) is 78.9 Å². The third-order valence-electron chi connectivity index (χ3n) is 4.83. The minimum absolute atomic E-state index is 0.278. The third-order valence-corrected chi connectivity index (χ3v) is 4.83. The third kappa shape index (κ3) is 6.37. The molecular weight excluding hydrogens is 390 g/mol. The minimum atomic E-state index is -0.662. The maximum Gasteiger partial charge on any atom is 0.325 e. The first kappa shape index (κ1) is 22.0. The van der Waals surface area contributed by atoms with Crippen molar-refractivity contribution in [3.63, 3.8) is 0 Å². The molecule has 0 bridgehead atoms. The number of amides is 1. The zero-order valence-electron chi connectivity index (χ0n) is 17.5. The van der Waals surface area contributed by atoms with Crippen molar-refractivity contribution in [3.05, 3.63) is 95.6 Å². The molecule has 0 unspecified atom stereocenters. The van der Waals surface area contributed by atoms with Crippen LogP contribution in [0.25, 0.3) is 11.1 Å². The number of carbonyl (C=O) groups is 3. The maximum absolute atomic E-state index is 12.3. The number of aryl methyl sites for hydroxylation is 1.